The predicted molar refractivity (Wildman–Crippen MR) is 84.4 cm³/mol. The average molecular weight is 287 g/mol. The lowest BCUT2D eigenvalue weighted by Crippen LogP contribution is -2.34. The number of rotatable bonds is 2. The average Bonchev–Trinajstić information content (AvgIpc) is 2.75. The zero-order valence-corrected chi connectivity index (χ0v) is 12.8. The Balaban J connectivity index is 1.78. The van der Waals surface area contributed by atoms with E-state index in [1.54, 1.807) is 0 Å². The second kappa shape index (κ2) is 5.78. The van der Waals surface area contributed by atoms with E-state index in [0.717, 1.165) is 51.0 Å². The fourth-order valence-electron chi connectivity index (χ4n) is 3.35. The number of fused-ring (bicyclic) bond motifs is 1. The molecule has 21 heavy (non-hydrogen) atoms. The van der Waals surface area contributed by atoms with Crippen molar-refractivity contribution in [3.05, 3.63) is 34.9 Å². The molecule has 0 saturated carbocycles. The summed E-state index contributed by atoms with van der Waals surface area (Å²) in [5.41, 5.74) is 9.46. The van der Waals surface area contributed by atoms with Crippen LogP contribution in [0.3, 0.4) is 0 Å². The zero-order chi connectivity index (χ0) is 14.9. The Morgan fingerprint density at radius 2 is 2.10 bits per heavy atom. The number of nitrogens with zero attached hydrogens (tertiary/aromatic N) is 1. The Morgan fingerprint density at radius 1 is 1.33 bits per heavy atom. The SMILES string of the molecule is CC1(CN)CCN(C(=O)c2ccc3c(c2)CCNCC3)C1. The van der Waals surface area contributed by atoms with Crippen LogP contribution in [-0.4, -0.2) is 43.5 Å². The Kier molecular flexibility index (Phi) is 4.00. The molecule has 2 aliphatic rings. The first-order valence-corrected chi connectivity index (χ1v) is 7.93. The van der Waals surface area contributed by atoms with E-state index < -0.39 is 0 Å². The third-order valence-corrected chi connectivity index (χ3v) is 4.93. The van der Waals surface area contributed by atoms with Gasteiger partial charge < -0.3 is 16.0 Å². The van der Waals surface area contributed by atoms with Crippen LogP contribution < -0.4 is 11.1 Å². The number of hydrogen-bond donors (Lipinski definition) is 2. The number of benzene rings is 1. The maximum atomic E-state index is 12.7. The lowest BCUT2D eigenvalue weighted by atomic mass is 9.90. The highest BCUT2D eigenvalue weighted by molar-refractivity contribution is 5.94. The molecule has 2 heterocycles. The Labute approximate surface area is 126 Å². The zero-order valence-electron chi connectivity index (χ0n) is 12.8. The van der Waals surface area contributed by atoms with Gasteiger partial charge in [0.15, 0.2) is 0 Å². The fourth-order valence-corrected chi connectivity index (χ4v) is 3.35. The van der Waals surface area contributed by atoms with Gasteiger partial charge in [-0.15, -0.1) is 0 Å². The van der Waals surface area contributed by atoms with Gasteiger partial charge in [0.25, 0.3) is 5.91 Å². The van der Waals surface area contributed by atoms with Crippen molar-refractivity contribution in [2.24, 2.45) is 11.1 Å². The van der Waals surface area contributed by atoms with Crippen molar-refractivity contribution < 1.29 is 4.79 Å². The summed E-state index contributed by atoms with van der Waals surface area (Å²) in [6.45, 7) is 6.45. The van der Waals surface area contributed by atoms with Crippen molar-refractivity contribution in [3.8, 4) is 0 Å². The first-order valence-electron chi connectivity index (χ1n) is 7.93. The maximum Gasteiger partial charge on any atom is 0.253 e. The highest BCUT2D eigenvalue weighted by Gasteiger charge is 2.35. The molecule has 0 radical (unpaired) electrons. The van der Waals surface area contributed by atoms with Crippen LogP contribution in [0.15, 0.2) is 18.2 Å². The number of hydrogen-bond acceptors (Lipinski definition) is 3. The van der Waals surface area contributed by atoms with Gasteiger partial charge in [-0.1, -0.05) is 13.0 Å². The summed E-state index contributed by atoms with van der Waals surface area (Å²) in [7, 11) is 0. The monoisotopic (exact) mass is 287 g/mol. The summed E-state index contributed by atoms with van der Waals surface area (Å²) in [5, 5.41) is 3.41. The smallest absolute Gasteiger partial charge is 0.253 e. The normalized spacial score (nSPS) is 25.5. The molecule has 4 nitrogen and oxygen atoms in total. The molecule has 1 aromatic carbocycles. The van der Waals surface area contributed by atoms with E-state index in [1.165, 1.54) is 11.1 Å². The van der Waals surface area contributed by atoms with Gasteiger partial charge in [-0.25, -0.2) is 0 Å². The molecule has 0 aromatic heterocycles. The van der Waals surface area contributed by atoms with Crippen molar-refractivity contribution in [2.45, 2.75) is 26.2 Å². The molecule has 0 aliphatic carbocycles. The minimum atomic E-state index is 0.0886. The van der Waals surface area contributed by atoms with E-state index >= 15 is 0 Å². The summed E-state index contributed by atoms with van der Waals surface area (Å²) < 4.78 is 0. The number of likely N-dealkylation sites (tertiary alicyclic amines) is 1. The maximum absolute atomic E-state index is 12.7. The highest BCUT2D eigenvalue weighted by Crippen LogP contribution is 2.29. The topological polar surface area (TPSA) is 58.4 Å². The number of carbonyl (C=O) groups is 1. The summed E-state index contributed by atoms with van der Waals surface area (Å²) in [4.78, 5) is 14.7. The van der Waals surface area contributed by atoms with Gasteiger partial charge in [-0.3, -0.25) is 4.79 Å². The third-order valence-electron chi connectivity index (χ3n) is 4.93. The molecular weight excluding hydrogens is 262 g/mol. The van der Waals surface area contributed by atoms with Crippen molar-refractivity contribution in [2.75, 3.05) is 32.7 Å². The van der Waals surface area contributed by atoms with Crippen molar-refractivity contribution in [3.63, 3.8) is 0 Å². The van der Waals surface area contributed by atoms with E-state index in [9.17, 15) is 4.79 Å². The lowest BCUT2D eigenvalue weighted by molar-refractivity contribution is 0.0777. The molecule has 1 unspecified atom stereocenters. The molecule has 2 aliphatic heterocycles. The minimum absolute atomic E-state index is 0.0886. The molecule has 0 bridgehead atoms. The standard InChI is InChI=1S/C17H25N3O/c1-17(11-18)6-9-20(12-17)16(21)15-3-2-13-4-7-19-8-5-14(13)10-15/h2-3,10,19H,4-9,11-12,18H2,1H3. The number of nitrogens with two attached hydrogens (primary N) is 1. The van der Waals surface area contributed by atoms with Crippen LogP contribution in [0.4, 0.5) is 0 Å². The Bertz CT molecular complexity index is 543. The largest absolute Gasteiger partial charge is 0.338 e. The van der Waals surface area contributed by atoms with E-state index in [0.29, 0.717) is 6.54 Å². The summed E-state index contributed by atoms with van der Waals surface area (Å²) in [6, 6.07) is 6.22. The molecule has 1 atom stereocenters. The molecular formula is C17H25N3O. The van der Waals surface area contributed by atoms with Crippen LogP contribution in [0.5, 0.6) is 0 Å². The first kappa shape index (κ1) is 14.5. The molecule has 3 rings (SSSR count). The van der Waals surface area contributed by atoms with Crippen molar-refractivity contribution in [1.82, 2.24) is 10.2 Å². The molecule has 1 aromatic rings. The van der Waals surface area contributed by atoms with E-state index in [-0.39, 0.29) is 11.3 Å². The van der Waals surface area contributed by atoms with E-state index in [4.69, 9.17) is 5.73 Å². The van der Waals surface area contributed by atoms with Gasteiger partial charge in [-0.2, -0.15) is 0 Å². The molecule has 4 heteroatoms. The lowest BCUT2D eigenvalue weighted by Gasteiger charge is -2.23. The Hall–Kier alpha value is -1.39. The van der Waals surface area contributed by atoms with Gasteiger partial charge in [0.05, 0.1) is 0 Å². The molecule has 0 spiro atoms. The van der Waals surface area contributed by atoms with E-state index in [1.807, 2.05) is 11.0 Å². The fraction of sp³-hybridized carbons (Fsp3) is 0.588. The second-order valence-electron chi connectivity index (χ2n) is 6.72. The van der Waals surface area contributed by atoms with Gasteiger partial charge in [-0.05, 0) is 67.6 Å². The molecule has 1 fully saturated rings. The minimum Gasteiger partial charge on any atom is -0.338 e. The quantitative estimate of drug-likeness (QED) is 0.859. The third kappa shape index (κ3) is 2.97. The number of nitrogens with one attached hydrogen (secondary N) is 1. The van der Waals surface area contributed by atoms with E-state index in [2.05, 4.69) is 24.4 Å². The number of amides is 1. The molecule has 3 N–H and O–H groups in total. The molecule has 1 amide bonds. The van der Waals surface area contributed by atoms with Crippen LogP contribution in [0.2, 0.25) is 0 Å². The summed E-state index contributed by atoms with van der Waals surface area (Å²) >= 11 is 0. The molecule has 1 saturated heterocycles. The van der Waals surface area contributed by atoms with Crippen LogP contribution in [-0.2, 0) is 12.8 Å². The van der Waals surface area contributed by atoms with Crippen LogP contribution in [0.1, 0.15) is 34.8 Å². The first-order chi connectivity index (χ1) is 10.1. The molecule has 114 valence electrons. The second-order valence-corrected chi connectivity index (χ2v) is 6.72. The van der Waals surface area contributed by atoms with Crippen LogP contribution >= 0.6 is 0 Å². The Morgan fingerprint density at radius 3 is 2.81 bits per heavy atom. The summed E-state index contributed by atoms with van der Waals surface area (Å²) in [5.74, 6) is 0.159. The number of carbonyl (C=O) groups excluding carboxylic acids is 1. The summed E-state index contributed by atoms with van der Waals surface area (Å²) in [6.07, 6.45) is 3.07. The van der Waals surface area contributed by atoms with Gasteiger partial charge >= 0.3 is 0 Å². The predicted octanol–water partition coefficient (Wildman–Crippen LogP) is 1.19. The van der Waals surface area contributed by atoms with Gasteiger partial charge in [0, 0.05) is 18.7 Å². The highest BCUT2D eigenvalue weighted by atomic mass is 16.2. The van der Waals surface area contributed by atoms with Crippen molar-refractivity contribution >= 4 is 5.91 Å². The van der Waals surface area contributed by atoms with Crippen LogP contribution in [0.25, 0.3) is 0 Å². The van der Waals surface area contributed by atoms with Gasteiger partial charge in [0.2, 0.25) is 0 Å². The van der Waals surface area contributed by atoms with Gasteiger partial charge in [0.1, 0.15) is 0 Å². The van der Waals surface area contributed by atoms with Crippen LogP contribution in [0, 0.1) is 5.41 Å². The van der Waals surface area contributed by atoms with Crippen molar-refractivity contribution in [1.29, 1.82) is 0 Å².